The van der Waals surface area contributed by atoms with Gasteiger partial charge in [-0.3, -0.25) is 4.99 Å². The van der Waals surface area contributed by atoms with Crippen molar-refractivity contribution in [3.05, 3.63) is 36.1 Å². The molecule has 5 nitrogen and oxygen atoms in total. The largest absolute Gasteiger partial charge is 0.459 e. The van der Waals surface area contributed by atoms with Gasteiger partial charge in [0.2, 0.25) is 0 Å². The molecule has 0 bridgehead atoms. The molecule has 2 heterocycles. The van der Waals surface area contributed by atoms with Gasteiger partial charge >= 0.3 is 0 Å². The normalized spacial score (nSPS) is 22.6. The maximum absolute atomic E-state index is 6.09. The zero-order valence-electron chi connectivity index (χ0n) is 17.2. The molecule has 1 aliphatic heterocycles. The molecule has 0 amide bonds. The van der Waals surface area contributed by atoms with E-state index < -0.39 is 0 Å². The van der Waals surface area contributed by atoms with Crippen molar-refractivity contribution in [1.82, 2.24) is 10.6 Å². The van der Waals surface area contributed by atoms with Crippen molar-refractivity contribution in [3.8, 4) is 0 Å². The lowest BCUT2D eigenvalue weighted by molar-refractivity contribution is -0.0835. The van der Waals surface area contributed by atoms with Crippen LogP contribution in [-0.2, 0) is 4.74 Å². The average molecular weight is 372 g/mol. The summed E-state index contributed by atoms with van der Waals surface area (Å²) in [5, 5.41) is 8.06. The Morgan fingerprint density at radius 2 is 2.07 bits per heavy atom. The third-order valence-corrected chi connectivity index (χ3v) is 5.28. The van der Waals surface area contributed by atoms with Crippen LogP contribution in [0.25, 0.3) is 11.0 Å². The highest BCUT2D eigenvalue weighted by molar-refractivity contribution is 5.81. The van der Waals surface area contributed by atoms with Gasteiger partial charge in [0.05, 0.1) is 12.1 Å². The molecule has 1 aromatic carbocycles. The second-order valence-electron chi connectivity index (χ2n) is 8.57. The Morgan fingerprint density at radius 3 is 2.78 bits per heavy atom. The standard InChI is InChI=1S/C22H33N3O2/c1-15(19-13-16-9-6-7-11-18(16)27-19)25-21(23-5)24-14-17-10-8-12-26-20(17)22(2,3)4/h6-7,9,11,13,15,17,20H,8,10,12,14H2,1-5H3,(H2,23,24,25). The molecule has 3 rings (SSSR count). The fourth-order valence-electron chi connectivity index (χ4n) is 3.92. The molecule has 1 aliphatic rings. The van der Waals surface area contributed by atoms with Crippen LogP contribution in [0, 0.1) is 11.3 Å². The molecule has 148 valence electrons. The molecule has 2 aromatic rings. The lowest BCUT2D eigenvalue weighted by Gasteiger charge is -2.40. The van der Waals surface area contributed by atoms with Gasteiger partial charge in [0.15, 0.2) is 5.96 Å². The number of aliphatic imine (C=N–C) groups is 1. The first-order chi connectivity index (χ1) is 12.9. The first-order valence-corrected chi connectivity index (χ1v) is 9.95. The van der Waals surface area contributed by atoms with Gasteiger partial charge < -0.3 is 19.8 Å². The number of furan rings is 1. The van der Waals surface area contributed by atoms with Crippen molar-refractivity contribution in [2.75, 3.05) is 20.2 Å². The third-order valence-electron chi connectivity index (χ3n) is 5.28. The van der Waals surface area contributed by atoms with E-state index in [2.05, 4.69) is 55.5 Å². The van der Waals surface area contributed by atoms with Crippen LogP contribution in [0.4, 0.5) is 0 Å². The number of guanidine groups is 1. The summed E-state index contributed by atoms with van der Waals surface area (Å²) >= 11 is 0. The average Bonchev–Trinajstić information content (AvgIpc) is 3.09. The van der Waals surface area contributed by atoms with Gasteiger partial charge in [0.25, 0.3) is 0 Å². The highest BCUT2D eigenvalue weighted by Gasteiger charge is 2.35. The van der Waals surface area contributed by atoms with Gasteiger partial charge in [-0.05, 0) is 37.3 Å². The maximum Gasteiger partial charge on any atom is 0.191 e. The second-order valence-corrected chi connectivity index (χ2v) is 8.57. The van der Waals surface area contributed by atoms with E-state index in [1.165, 1.54) is 6.42 Å². The minimum Gasteiger partial charge on any atom is -0.459 e. The summed E-state index contributed by atoms with van der Waals surface area (Å²) in [4.78, 5) is 4.39. The van der Waals surface area contributed by atoms with Gasteiger partial charge in [-0.15, -0.1) is 0 Å². The van der Waals surface area contributed by atoms with Crippen molar-refractivity contribution < 1.29 is 9.15 Å². The summed E-state index contributed by atoms with van der Waals surface area (Å²) in [6, 6.07) is 10.2. The van der Waals surface area contributed by atoms with Gasteiger partial charge in [-0.2, -0.15) is 0 Å². The van der Waals surface area contributed by atoms with Crippen molar-refractivity contribution in [2.45, 2.75) is 52.7 Å². The number of fused-ring (bicyclic) bond motifs is 1. The summed E-state index contributed by atoms with van der Waals surface area (Å²) in [7, 11) is 1.80. The molecule has 0 aliphatic carbocycles. The van der Waals surface area contributed by atoms with E-state index in [0.29, 0.717) is 5.92 Å². The third kappa shape index (κ3) is 4.83. The van der Waals surface area contributed by atoms with E-state index in [1.807, 2.05) is 18.2 Å². The molecule has 3 unspecified atom stereocenters. The van der Waals surface area contributed by atoms with Crippen molar-refractivity contribution in [2.24, 2.45) is 16.3 Å². The van der Waals surface area contributed by atoms with E-state index in [9.17, 15) is 0 Å². The van der Waals surface area contributed by atoms with E-state index in [1.54, 1.807) is 7.05 Å². The lowest BCUT2D eigenvalue weighted by Crippen LogP contribution is -2.47. The summed E-state index contributed by atoms with van der Waals surface area (Å²) < 4.78 is 12.1. The Balaban J connectivity index is 1.60. The molecule has 2 N–H and O–H groups in total. The maximum atomic E-state index is 6.09. The van der Waals surface area contributed by atoms with Crippen LogP contribution in [-0.4, -0.2) is 32.3 Å². The molecule has 27 heavy (non-hydrogen) atoms. The highest BCUT2D eigenvalue weighted by Crippen LogP contribution is 2.33. The van der Waals surface area contributed by atoms with E-state index in [-0.39, 0.29) is 17.6 Å². The van der Waals surface area contributed by atoms with E-state index in [0.717, 1.165) is 42.3 Å². The Kier molecular flexibility index (Phi) is 6.10. The lowest BCUT2D eigenvalue weighted by atomic mass is 9.78. The number of hydrogen-bond donors (Lipinski definition) is 2. The van der Waals surface area contributed by atoms with Gasteiger partial charge in [0.1, 0.15) is 11.3 Å². The molecular weight excluding hydrogens is 338 g/mol. The molecule has 1 aromatic heterocycles. The number of ether oxygens (including phenoxy) is 1. The van der Waals surface area contributed by atoms with Crippen LogP contribution in [0.1, 0.15) is 52.3 Å². The topological polar surface area (TPSA) is 58.8 Å². The summed E-state index contributed by atoms with van der Waals surface area (Å²) in [5.74, 6) is 2.19. The van der Waals surface area contributed by atoms with Gasteiger partial charge in [-0.25, -0.2) is 0 Å². The minimum atomic E-state index is 0.0321. The number of rotatable bonds is 4. The predicted molar refractivity (Wildman–Crippen MR) is 111 cm³/mol. The van der Waals surface area contributed by atoms with Gasteiger partial charge in [-0.1, -0.05) is 39.0 Å². The Morgan fingerprint density at radius 1 is 1.30 bits per heavy atom. The quantitative estimate of drug-likeness (QED) is 0.614. The number of para-hydroxylation sites is 1. The van der Waals surface area contributed by atoms with Crippen LogP contribution < -0.4 is 10.6 Å². The molecule has 0 saturated carbocycles. The molecular formula is C22H33N3O2. The van der Waals surface area contributed by atoms with Crippen LogP contribution in [0.3, 0.4) is 0 Å². The predicted octanol–water partition coefficient (Wildman–Crippen LogP) is 4.50. The van der Waals surface area contributed by atoms with Crippen LogP contribution in [0.5, 0.6) is 0 Å². The first-order valence-electron chi connectivity index (χ1n) is 9.95. The number of nitrogens with zero attached hydrogens (tertiary/aromatic N) is 1. The van der Waals surface area contributed by atoms with Crippen molar-refractivity contribution >= 4 is 16.9 Å². The molecule has 3 atom stereocenters. The van der Waals surface area contributed by atoms with Crippen LogP contribution >= 0.6 is 0 Å². The van der Waals surface area contributed by atoms with Gasteiger partial charge in [0, 0.05) is 31.5 Å². The Labute approximate surface area is 162 Å². The highest BCUT2D eigenvalue weighted by atomic mass is 16.5. The summed E-state index contributed by atoms with van der Waals surface area (Å²) in [5.41, 5.74) is 1.06. The summed E-state index contributed by atoms with van der Waals surface area (Å²) in [6.07, 6.45) is 2.58. The number of benzene rings is 1. The fraction of sp³-hybridized carbons (Fsp3) is 0.591. The Hall–Kier alpha value is -2.01. The van der Waals surface area contributed by atoms with Crippen molar-refractivity contribution in [1.29, 1.82) is 0 Å². The van der Waals surface area contributed by atoms with E-state index >= 15 is 0 Å². The minimum absolute atomic E-state index is 0.0321. The summed E-state index contributed by atoms with van der Waals surface area (Å²) in [6.45, 7) is 10.6. The van der Waals surface area contributed by atoms with Crippen LogP contribution in [0.2, 0.25) is 0 Å². The SMILES string of the molecule is CN=C(NCC1CCCOC1C(C)(C)C)NC(C)c1cc2ccccc2o1. The molecule has 1 fully saturated rings. The van der Waals surface area contributed by atoms with E-state index in [4.69, 9.17) is 9.15 Å². The zero-order valence-corrected chi connectivity index (χ0v) is 17.2. The monoisotopic (exact) mass is 371 g/mol. The van der Waals surface area contributed by atoms with Crippen molar-refractivity contribution in [3.63, 3.8) is 0 Å². The van der Waals surface area contributed by atoms with Crippen LogP contribution in [0.15, 0.2) is 39.7 Å². The smallest absolute Gasteiger partial charge is 0.191 e. The number of nitrogens with one attached hydrogen (secondary N) is 2. The molecule has 5 heteroatoms. The fourth-order valence-corrected chi connectivity index (χ4v) is 3.92. The molecule has 0 spiro atoms. The molecule has 1 saturated heterocycles. The Bertz CT molecular complexity index is 742. The molecule has 0 radical (unpaired) electrons. The first kappa shape index (κ1) is 19.7. The zero-order chi connectivity index (χ0) is 19.4. The number of hydrogen-bond acceptors (Lipinski definition) is 3. The second kappa shape index (κ2) is 8.34.